The van der Waals surface area contributed by atoms with E-state index in [0.717, 1.165) is 10.0 Å². The lowest BCUT2D eigenvalue weighted by Gasteiger charge is -2.09. The molecule has 2 aromatic carbocycles. The molecule has 0 fully saturated rings. The molecule has 0 N–H and O–H groups in total. The van der Waals surface area contributed by atoms with Gasteiger partial charge in [0.15, 0.2) is 0 Å². The monoisotopic (exact) mass is 334 g/mol. The zero-order valence-electron chi connectivity index (χ0n) is 11.4. The van der Waals surface area contributed by atoms with Crippen molar-refractivity contribution in [2.24, 2.45) is 0 Å². The van der Waals surface area contributed by atoms with Crippen LogP contribution in [0.25, 0.3) is 0 Å². The van der Waals surface area contributed by atoms with Crippen molar-refractivity contribution in [3.8, 4) is 5.75 Å². The molecule has 2 rings (SSSR count). The zero-order valence-corrected chi connectivity index (χ0v) is 12.9. The molecule has 0 saturated heterocycles. The fourth-order valence-electron chi connectivity index (χ4n) is 1.71. The van der Waals surface area contributed by atoms with Gasteiger partial charge >= 0.3 is 5.97 Å². The van der Waals surface area contributed by atoms with Crippen LogP contribution in [0.1, 0.15) is 21.5 Å². The predicted molar refractivity (Wildman–Crippen MR) is 81.0 cm³/mol. The van der Waals surface area contributed by atoms with Crippen LogP contribution < -0.4 is 4.74 Å². The number of carbonyl (C=O) groups is 1. The summed E-state index contributed by atoms with van der Waals surface area (Å²) in [6.07, 6.45) is 0. The van der Waals surface area contributed by atoms with Crippen molar-refractivity contribution in [2.75, 3.05) is 7.11 Å². The van der Waals surface area contributed by atoms with Crippen LogP contribution in [-0.4, -0.2) is 13.1 Å². The molecule has 3 nitrogen and oxygen atoms in total. The highest BCUT2D eigenvalue weighted by Crippen LogP contribution is 2.27. The van der Waals surface area contributed by atoms with Crippen molar-refractivity contribution in [3.05, 3.63) is 63.6 Å². The van der Waals surface area contributed by atoms with Crippen molar-refractivity contribution in [1.82, 2.24) is 0 Å². The second-order valence-corrected chi connectivity index (χ2v) is 5.27. The Hall–Kier alpha value is -1.81. The van der Waals surface area contributed by atoms with Crippen LogP contribution in [0.5, 0.6) is 5.75 Å². The van der Waals surface area contributed by atoms with Gasteiger partial charge in [-0.1, -0.05) is 29.8 Å². The van der Waals surface area contributed by atoms with E-state index in [1.165, 1.54) is 12.7 Å². The van der Waals surface area contributed by atoms with Crippen LogP contribution in [-0.2, 0) is 11.3 Å². The first-order valence-electron chi connectivity index (χ1n) is 6.16. The van der Waals surface area contributed by atoms with Gasteiger partial charge in [-0.2, -0.15) is 0 Å². The van der Waals surface area contributed by atoms with E-state index in [4.69, 9.17) is 4.74 Å². The van der Waals surface area contributed by atoms with Crippen LogP contribution in [0.4, 0.5) is 0 Å². The Balaban J connectivity index is 2.06. The van der Waals surface area contributed by atoms with Crippen molar-refractivity contribution in [1.29, 1.82) is 0 Å². The SMILES string of the molecule is COC(=O)c1ccc(OCc2ccc(C)cc2)c(Br)c1. The Labute approximate surface area is 126 Å². The summed E-state index contributed by atoms with van der Waals surface area (Å²) in [5, 5.41) is 0. The number of ether oxygens (including phenoxy) is 2. The summed E-state index contributed by atoms with van der Waals surface area (Å²) in [7, 11) is 1.36. The molecule has 0 aliphatic heterocycles. The Kier molecular flexibility index (Phi) is 4.79. The number of benzene rings is 2. The van der Waals surface area contributed by atoms with Crippen LogP contribution in [0.3, 0.4) is 0 Å². The molecule has 0 unspecified atom stereocenters. The molecule has 0 aliphatic carbocycles. The number of hydrogen-bond donors (Lipinski definition) is 0. The van der Waals surface area contributed by atoms with Crippen LogP contribution in [0.2, 0.25) is 0 Å². The molecule has 0 bridgehead atoms. The minimum atomic E-state index is -0.365. The van der Waals surface area contributed by atoms with Crippen LogP contribution in [0, 0.1) is 6.92 Å². The van der Waals surface area contributed by atoms with Gasteiger partial charge in [0.1, 0.15) is 12.4 Å². The van der Waals surface area contributed by atoms with E-state index in [2.05, 4.69) is 20.7 Å². The summed E-state index contributed by atoms with van der Waals surface area (Å²) in [5.74, 6) is 0.328. The van der Waals surface area contributed by atoms with Crippen LogP contribution >= 0.6 is 15.9 Å². The van der Waals surface area contributed by atoms with Crippen molar-refractivity contribution in [2.45, 2.75) is 13.5 Å². The highest BCUT2D eigenvalue weighted by molar-refractivity contribution is 9.10. The summed E-state index contributed by atoms with van der Waals surface area (Å²) in [6.45, 7) is 2.53. The number of aryl methyl sites for hydroxylation is 1. The lowest BCUT2D eigenvalue weighted by atomic mass is 10.2. The highest BCUT2D eigenvalue weighted by atomic mass is 79.9. The third-order valence-electron chi connectivity index (χ3n) is 2.87. The molecule has 0 aliphatic rings. The Bertz CT molecular complexity index is 606. The van der Waals surface area contributed by atoms with Gasteiger partial charge in [0.05, 0.1) is 17.1 Å². The third kappa shape index (κ3) is 3.61. The van der Waals surface area contributed by atoms with E-state index in [0.29, 0.717) is 17.9 Å². The van der Waals surface area contributed by atoms with Gasteiger partial charge in [-0.05, 0) is 46.6 Å². The Morgan fingerprint density at radius 2 is 1.85 bits per heavy atom. The second kappa shape index (κ2) is 6.57. The molecule has 0 atom stereocenters. The first kappa shape index (κ1) is 14.6. The van der Waals surface area contributed by atoms with E-state index < -0.39 is 0 Å². The number of carbonyl (C=O) groups excluding carboxylic acids is 1. The first-order valence-corrected chi connectivity index (χ1v) is 6.95. The molecule has 4 heteroatoms. The van der Waals surface area contributed by atoms with Gasteiger partial charge in [-0.15, -0.1) is 0 Å². The second-order valence-electron chi connectivity index (χ2n) is 4.41. The fraction of sp³-hybridized carbons (Fsp3) is 0.188. The Morgan fingerprint density at radius 3 is 2.45 bits per heavy atom. The molecule has 0 heterocycles. The maximum Gasteiger partial charge on any atom is 0.337 e. The number of halogens is 1. The Morgan fingerprint density at radius 1 is 1.15 bits per heavy atom. The first-order chi connectivity index (χ1) is 9.60. The summed E-state index contributed by atoms with van der Waals surface area (Å²) < 4.78 is 11.1. The lowest BCUT2D eigenvalue weighted by Crippen LogP contribution is -2.02. The van der Waals surface area contributed by atoms with Crippen molar-refractivity contribution in [3.63, 3.8) is 0 Å². The van der Waals surface area contributed by atoms with E-state index in [-0.39, 0.29) is 5.97 Å². The molecule has 0 radical (unpaired) electrons. The van der Waals surface area contributed by atoms with Crippen LogP contribution in [0.15, 0.2) is 46.9 Å². The largest absolute Gasteiger partial charge is 0.488 e. The van der Waals surface area contributed by atoms with E-state index in [9.17, 15) is 4.79 Å². The molecular weight excluding hydrogens is 320 g/mol. The maximum absolute atomic E-state index is 11.4. The predicted octanol–water partition coefficient (Wildman–Crippen LogP) is 4.12. The minimum absolute atomic E-state index is 0.365. The standard InChI is InChI=1S/C16H15BrO3/c1-11-3-5-12(6-4-11)10-20-15-8-7-13(9-14(15)17)16(18)19-2/h3-9H,10H2,1-2H3. The average Bonchev–Trinajstić information content (AvgIpc) is 2.46. The maximum atomic E-state index is 11.4. The lowest BCUT2D eigenvalue weighted by molar-refractivity contribution is 0.0600. The normalized spacial score (nSPS) is 10.2. The number of hydrogen-bond acceptors (Lipinski definition) is 3. The zero-order chi connectivity index (χ0) is 14.5. The molecule has 2 aromatic rings. The fourth-order valence-corrected chi connectivity index (χ4v) is 2.20. The average molecular weight is 335 g/mol. The molecule has 0 amide bonds. The van der Waals surface area contributed by atoms with E-state index in [1.807, 2.05) is 31.2 Å². The summed E-state index contributed by atoms with van der Waals surface area (Å²) >= 11 is 3.40. The number of esters is 1. The van der Waals surface area contributed by atoms with Gasteiger partial charge in [0, 0.05) is 0 Å². The molecule has 0 spiro atoms. The van der Waals surface area contributed by atoms with Gasteiger partial charge in [0.2, 0.25) is 0 Å². The van der Waals surface area contributed by atoms with Gasteiger partial charge in [-0.25, -0.2) is 4.79 Å². The van der Waals surface area contributed by atoms with E-state index >= 15 is 0 Å². The van der Waals surface area contributed by atoms with Gasteiger partial charge in [-0.3, -0.25) is 0 Å². The molecule has 20 heavy (non-hydrogen) atoms. The summed E-state index contributed by atoms with van der Waals surface area (Å²) in [5.41, 5.74) is 2.80. The van der Waals surface area contributed by atoms with Gasteiger partial charge < -0.3 is 9.47 Å². The minimum Gasteiger partial charge on any atom is -0.488 e. The van der Waals surface area contributed by atoms with Crippen molar-refractivity contribution < 1.29 is 14.3 Å². The smallest absolute Gasteiger partial charge is 0.337 e. The summed E-state index contributed by atoms with van der Waals surface area (Å²) in [4.78, 5) is 11.4. The topological polar surface area (TPSA) is 35.5 Å². The van der Waals surface area contributed by atoms with Crippen molar-refractivity contribution >= 4 is 21.9 Å². The molecular formula is C16H15BrO3. The molecule has 0 aromatic heterocycles. The van der Waals surface area contributed by atoms with E-state index in [1.54, 1.807) is 18.2 Å². The molecule has 104 valence electrons. The summed E-state index contributed by atoms with van der Waals surface area (Å²) in [6, 6.07) is 13.3. The third-order valence-corrected chi connectivity index (χ3v) is 3.49. The highest BCUT2D eigenvalue weighted by Gasteiger charge is 2.09. The quantitative estimate of drug-likeness (QED) is 0.789. The van der Waals surface area contributed by atoms with Gasteiger partial charge in [0.25, 0.3) is 0 Å². The number of methoxy groups -OCH3 is 1. The number of rotatable bonds is 4. The molecule has 0 saturated carbocycles.